The Balaban J connectivity index is 2.39. The Labute approximate surface area is 106 Å². The lowest BCUT2D eigenvalue weighted by Crippen LogP contribution is -2.29. The van der Waals surface area contributed by atoms with Crippen LogP contribution in [-0.2, 0) is 4.79 Å². The predicted octanol–water partition coefficient (Wildman–Crippen LogP) is 1.62. The Morgan fingerprint density at radius 3 is 2.78 bits per heavy atom. The second-order valence-electron chi connectivity index (χ2n) is 4.41. The number of hydrogen-bond acceptors (Lipinski definition) is 3. The van der Waals surface area contributed by atoms with E-state index in [1.807, 2.05) is 19.9 Å². The fourth-order valence-corrected chi connectivity index (χ4v) is 1.50. The van der Waals surface area contributed by atoms with E-state index >= 15 is 0 Å². The van der Waals surface area contributed by atoms with Crippen molar-refractivity contribution in [2.45, 2.75) is 26.7 Å². The summed E-state index contributed by atoms with van der Waals surface area (Å²) in [6.45, 7) is 4.20. The van der Waals surface area contributed by atoms with Gasteiger partial charge < -0.3 is 10.4 Å². The summed E-state index contributed by atoms with van der Waals surface area (Å²) in [4.78, 5) is 26.3. The van der Waals surface area contributed by atoms with Crippen molar-refractivity contribution in [3.8, 4) is 0 Å². The standard InChI is InChI=1S/C13H18N2O3/c1-9(6-7-12(16)17)8-14-13(18)11-5-3-4-10(2)15-11/h3-5,9H,6-8H2,1-2H3,(H,14,18)(H,16,17). The van der Waals surface area contributed by atoms with Crippen LogP contribution in [0.1, 0.15) is 35.9 Å². The van der Waals surface area contributed by atoms with E-state index in [4.69, 9.17) is 5.11 Å². The highest BCUT2D eigenvalue weighted by Gasteiger charge is 2.10. The number of nitrogens with zero attached hydrogens (tertiary/aromatic N) is 1. The van der Waals surface area contributed by atoms with Crippen molar-refractivity contribution in [3.05, 3.63) is 29.6 Å². The first-order chi connectivity index (χ1) is 8.49. The second kappa shape index (κ2) is 6.74. The van der Waals surface area contributed by atoms with Gasteiger partial charge >= 0.3 is 5.97 Å². The van der Waals surface area contributed by atoms with Gasteiger partial charge in [0.2, 0.25) is 0 Å². The smallest absolute Gasteiger partial charge is 0.303 e. The van der Waals surface area contributed by atoms with E-state index in [1.54, 1.807) is 12.1 Å². The van der Waals surface area contributed by atoms with Crippen LogP contribution < -0.4 is 5.32 Å². The molecule has 0 saturated carbocycles. The molecule has 0 aliphatic rings. The van der Waals surface area contributed by atoms with E-state index in [2.05, 4.69) is 10.3 Å². The summed E-state index contributed by atoms with van der Waals surface area (Å²) in [5.41, 5.74) is 1.18. The number of aliphatic carboxylic acids is 1. The van der Waals surface area contributed by atoms with Gasteiger partial charge in [0.05, 0.1) is 0 Å². The number of carbonyl (C=O) groups excluding carboxylic acids is 1. The number of nitrogens with one attached hydrogen (secondary N) is 1. The summed E-state index contributed by atoms with van der Waals surface area (Å²) in [7, 11) is 0. The first-order valence-electron chi connectivity index (χ1n) is 5.92. The summed E-state index contributed by atoms with van der Waals surface area (Å²) in [6, 6.07) is 5.27. The molecule has 1 unspecified atom stereocenters. The highest BCUT2D eigenvalue weighted by Crippen LogP contribution is 2.04. The molecule has 0 aliphatic heterocycles. The van der Waals surface area contributed by atoms with Crippen LogP contribution >= 0.6 is 0 Å². The third-order valence-electron chi connectivity index (χ3n) is 2.58. The van der Waals surface area contributed by atoms with Crippen LogP contribution in [-0.4, -0.2) is 28.5 Å². The topological polar surface area (TPSA) is 79.3 Å². The molecule has 0 saturated heterocycles. The number of aryl methyl sites for hydroxylation is 1. The van der Waals surface area contributed by atoms with E-state index < -0.39 is 5.97 Å². The van der Waals surface area contributed by atoms with Crippen LogP contribution in [0.4, 0.5) is 0 Å². The number of hydrogen-bond donors (Lipinski definition) is 2. The number of aromatic nitrogens is 1. The van der Waals surface area contributed by atoms with Crippen molar-refractivity contribution >= 4 is 11.9 Å². The predicted molar refractivity (Wildman–Crippen MR) is 67.3 cm³/mol. The van der Waals surface area contributed by atoms with Gasteiger partial charge in [-0.25, -0.2) is 4.98 Å². The zero-order chi connectivity index (χ0) is 13.5. The Hall–Kier alpha value is -1.91. The average Bonchev–Trinajstić information content (AvgIpc) is 2.33. The molecule has 0 aromatic carbocycles. The molecule has 1 rings (SSSR count). The highest BCUT2D eigenvalue weighted by molar-refractivity contribution is 5.92. The molecule has 0 spiro atoms. The van der Waals surface area contributed by atoms with Crippen molar-refractivity contribution in [2.24, 2.45) is 5.92 Å². The van der Waals surface area contributed by atoms with Crippen LogP contribution in [0, 0.1) is 12.8 Å². The molecule has 1 amide bonds. The van der Waals surface area contributed by atoms with Crippen LogP contribution in [0.2, 0.25) is 0 Å². The molecule has 98 valence electrons. The summed E-state index contributed by atoms with van der Waals surface area (Å²) in [5, 5.41) is 11.3. The van der Waals surface area contributed by atoms with E-state index in [0.29, 0.717) is 18.7 Å². The Morgan fingerprint density at radius 2 is 2.17 bits per heavy atom. The normalized spacial score (nSPS) is 11.9. The van der Waals surface area contributed by atoms with Crippen molar-refractivity contribution in [1.82, 2.24) is 10.3 Å². The number of rotatable bonds is 6. The molecule has 5 nitrogen and oxygen atoms in total. The highest BCUT2D eigenvalue weighted by atomic mass is 16.4. The minimum atomic E-state index is -0.812. The minimum Gasteiger partial charge on any atom is -0.481 e. The third-order valence-corrected chi connectivity index (χ3v) is 2.58. The number of carbonyl (C=O) groups is 2. The van der Waals surface area contributed by atoms with E-state index in [-0.39, 0.29) is 18.2 Å². The molecule has 1 heterocycles. The molecule has 5 heteroatoms. The van der Waals surface area contributed by atoms with Crippen molar-refractivity contribution in [1.29, 1.82) is 0 Å². The van der Waals surface area contributed by atoms with Gasteiger partial charge in [0.1, 0.15) is 5.69 Å². The van der Waals surface area contributed by atoms with Gasteiger partial charge in [-0.05, 0) is 31.4 Å². The van der Waals surface area contributed by atoms with Crippen LogP contribution in [0.3, 0.4) is 0 Å². The maximum absolute atomic E-state index is 11.7. The third kappa shape index (κ3) is 4.95. The Bertz CT molecular complexity index is 432. The molecular weight excluding hydrogens is 232 g/mol. The van der Waals surface area contributed by atoms with Gasteiger partial charge in [-0.2, -0.15) is 0 Å². The van der Waals surface area contributed by atoms with Crippen LogP contribution in [0.25, 0.3) is 0 Å². The molecule has 2 N–H and O–H groups in total. The quantitative estimate of drug-likeness (QED) is 0.804. The maximum Gasteiger partial charge on any atom is 0.303 e. The fourth-order valence-electron chi connectivity index (χ4n) is 1.50. The molecule has 18 heavy (non-hydrogen) atoms. The molecule has 0 bridgehead atoms. The van der Waals surface area contributed by atoms with E-state index in [1.165, 1.54) is 0 Å². The van der Waals surface area contributed by atoms with E-state index in [9.17, 15) is 9.59 Å². The lowest BCUT2D eigenvalue weighted by Gasteiger charge is -2.11. The number of carboxylic acid groups (broad SMARTS) is 1. The summed E-state index contributed by atoms with van der Waals surface area (Å²) in [6.07, 6.45) is 0.677. The zero-order valence-electron chi connectivity index (χ0n) is 10.6. The van der Waals surface area contributed by atoms with Gasteiger partial charge in [0.15, 0.2) is 0 Å². The van der Waals surface area contributed by atoms with Crippen LogP contribution in [0.15, 0.2) is 18.2 Å². The van der Waals surface area contributed by atoms with Gasteiger partial charge in [0, 0.05) is 18.7 Å². The lowest BCUT2D eigenvalue weighted by molar-refractivity contribution is -0.137. The van der Waals surface area contributed by atoms with Crippen molar-refractivity contribution in [2.75, 3.05) is 6.54 Å². The van der Waals surface area contributed by atoms with Gasteiger partial charge in [-0.15, -0.1) is 0 Å². The lowest BCUT2D eigenvalue weighted by atomic mass is 10.1. The summed E-state index contributed by atoms with van der Waals surface area (Å²) >= 11 is 0. The Kier molecular flexibility index (Phi) is 5.30. The molecule has 1 atom stereocenters. The minimum absolute atomic E-state index is 0.125. The second-order valence-corrected chi connectivity index (χ2v) is 4.41. The SMILES string of the molecule is Cc1cccc(C(=O)NCC(C)CCC(=O)O)n1. The molecule has 0 aliphatic carbocycles. The number of pyridine rings is 1. The number of amides is 1. The van der Waals surface area contributed by atoms with Crippen molar-refractivity contribution in [3.63, 3.8) is 0 Å². The van der Waals surface area contributed by atoms with E-state index in [0.717, 1.165) is 5.69 Å². The van der Waals surface area contributed by atoms with Gasteiger partial charge in [0.25, 0.3) is 5.91 Å². The average molecular weight is 250 g/mol. The fraction of sp³-hybridized carbons (Fsp3) is 0.462. The summed E-state index contributed by atoms with van der Waals surface area (Å²) < 4.78 is 0. The first kappa shape index (κ1) is 14.2. The molecule has 1 aromatic rings. The zero-order valence-corrected chi connectivity index (χ0v) is 10.6. The first-order valence-corrected chi connectivity index (χ1v) is 5.92. The molecular formula is C13H18N2O3. The Morgan fingerprint density at radius 1 is 1.44 bits per heavy atom. The van der Waals surface area contributed by atoms with Crippen molar-refractivity contribution < 1.29 is 14.7 Å². The summed E-state index contributed by atoms with van der Waals surface area (Å²) in [5.74, 6) is -0.899. The molecule has 0 radical (unpaired) electrons. The molecule has 1 aromatic heterocycles. The largest absolute Gasteiger partial charge is 0.481 e. The van der Waals surface area contributed by atoms with Gasteiger partial charge in [-0.1, -0.05) is 13.0 Å². The van der Waals surface area contributed by atoms with Crippen LogP contribution in [0.5, 0.6) is 0 Å². The molecule has 0 fully saturated rings. The number of carboxylic acids is 1. The monoisotopic (exact) mass is 250 g/mol. The maximum atomic E-state index is 11.7. The van der Waals surface area contributed by atoms with Gasteiger partial charge in [-0.3, -0.25) is 9.59 Å².